The molecule has 0 aliphatic rings. The van der Waals surface area contributed by atoms with E-state index in [1.807, 2.05) is 42.5 Å². The van der Waals surface area contributed by atoms with Crippen molar-refractivity contribution in [2.24, 2.45) is 0 Å². The van der Waals surface area contributed by atoms with E-state index < -0.39 is 10.1 Å². The Morgan fingerprint density at radius 3 is 2.56 bits per heavy atom. The largest absolute Gasteiger partial charge is 0.487 e. The van der Waals surface area contributed by atoms with Crippen molar-refractivity contribution >= 4 is 10.1 Å². The van der Waals surface area contributed by atoms with Crippen LogP contribution in [0.15, 0.2) is 53.1 Å². The molecule has 0 unspecified atom stereocenters. The molecule has 142 valence electrons. The summed E-state index contributed by atoms with van der Waals surface area (Å²) in [6, 6.07) is 13.1. The number of ether oxygens (including phenoxy) is 1. The summed E-state index contributed by atoms with van der Waals surface area (Å²) >= 11 is 0. The topological polar surface area (TPSA) is 91.5 Å². The summed E-state index contributed by atoms with van der Waals surface area (Å²) < 4.78 is 38.2. The number of pyridine rings is 1. The lowest BCUT2D eigenvalue weighted by Crippen LogP contribution is -2.06. The van der Waals surface area contributed by atoms with E-state index in [0.717, 1.165) is 23.3 Å². The molecule has 0 aliphatic heterocycles. The quantitative estimate of drug-likeness (QED) is 0.547. The van der Waals surface area contributed by atoms with Crippen molar-refractivity contribution in [2.45, 2.75) is 20.0 Å². The Hall–Kier alpha value is -2.71. The number of hydrogen-bond donors (Lipinski definition) is 0. The second-order valence-corrected chi connectivity index (χ2v) is 7.58. The zero-order chi connectivity index (χ0) is 19.3. The number of hydrogen-bond acceptors (Lipinski definition) is 7. The van der Waals surface area contributed by atoms with Gasteiger partial charge in [0, 0.05) is 18.2 Å². The fraction of sp³-hybridized carbons (Fsp3) is 0.263. The first kappa shape index (κ1) is 19.1. The van der Waals surface area contributed by atoms with Gasteiger partial charge in [-0.2, -0.15) is 8.42 Å². The fourth-order valence-electron chi connectivity index (χ4n) is 2.41. The molecule has 27 heavy (non-hydrogen) atoms. The highest BCUT2D eigenvalue weighted by atomic mass is 32.2. The monoisotopic (exact) mass is 388 g/mol. The lowest BCUT2D eigenvalue weighted by Gasteiger charge is -2.05. The van der Waals surface area contributed by atoms with Gasteiger partial charge in [0.15, 0.2) is 0 Å². The van der Waals surface area contributed by atoms with Crippen molar-refractivity contribution in [3.63, 3.8) is 0 Å². The van der Waals surface area contributed by atoms with Crippen molar-refractivity contribution < 1.29 is 21.8 Å². The van der Waals surface area contributed by atoms with Gasteiger partial charge in [0.2, 0.25) is 5.89 Å². The molecular weight excluding hydrogens is 368 g/mol. The predicted molar refractivity (Wildman–Crippen MR) is 99.7 cm³/mol. The van der Waals surface area contributed by atoms with Crippen LogP contribution < -0.4 is 4.74 Å². The molecule has 0 fully saturated rings. The molecule has 2 heterocycles. The van der Waals surface area contributed by atoms with Crippen LogP contribution in [0, 0.1) is 6.92 Å². The van der Waals surface area contributed by atoms with Gasteiger partial charge >= 0.3 is 0 Å². The summed E-state index contributed by atoms with van der Waals surface area (Å²) in [5.41, 5.74) is 2.33. The number of aryl methyl sites for hydroxylation is 1. The van der Waals surface area contributed by atoms with Gasteiger partial charge in [-0.25, -0.2) is 4.98 Å². The van der Waals surface area contributed by atoms with Gasteiger partial charge in [0.25, 0.3) is 10.1 Å². The van der Waals surface area contributed by atoms with Gasteiger partial charge in [0.1, 0.15) is 18.1 Å². The second-order valence-electron chi connectivity index (χ2n) is 5.93. The molecule has 7 nitrogen and oxygen atoms in total. The predicted octanol–water partition coefficient (Wildman–Crippen LogP) is 3.14. The van der Waals surface area contributed by atoms with Crippen molar-refractivity contribution in [1.82, 2.24) is 9.97 Å². The molecule has 0 aliphatic carbocycles. The van der Waals surface area contributed by atoms with E-state index in [0.29, 0.717) is 30.4 Å². The third-order valence-corrected chi connectivity index (χ3v) is 4.34. The van der Waals surface area contributed by atoms with E-state index in [-0.39, 0.29) is 6.61 Å². The standard InChI is InChI=1S/C19H20N2O5S/c1-14-18(10-12-25-27(2,22)23)21-19(26-14)15-6-8-17(9-7-15)24-13-16-5-3-4-11-20-16/h3-9,11H,10,12-13H2,1-2H3. The van der Waals surface area contributed by atoms with Crippen molar-refractivity contribution in [1.29, 1.82) is 0 Å². The maximum absolute atomic E-state index is 11.0. The van der Waals surface area contributed by atoms with Crippen LogP contribution in [0.4, 0.5) is 0 Å². The maximum Gasteiger partial charge on any atom is 0.264 e. The summed E-state index contributed by atoms with van der Waals surface area (Å²) in [5.74, 6) is 1.82. The van der Waals surface area contributed by atoms with Crippen molar-refractivity contribution in [2.75, 3.05) is 12.9 Å². The van der Waals surface area contributed by atoms with E-state index in [1.165, 1.54) is 0 Å². The van der Waals surface area contributed by atoms with E-state index in [9.17, 15) is 8.42 Å². The Morgan fingerprint density at radius 1 is 1.11 bits per heavy atom. The van der Waals surface area contributed by atoms with Gasteiger partial charge in [-0.1, -0.05) is 6.07 Å². The van der Waals surface area contributed by atoms with Gasteiger partial charge in [-0.15, -0.1) is 0 Å². The van der Waals surface area contributed by atoms with E-state index >= 15 is 0 Å². The Bertz CT molecular complexity index is 983. The molecule has 0 N–H and O–H groups in total. The van der Waals surface area contributed by atoms with Crippen LogP contribution in [0.1, 0.15) is 17.1 Å². The Labute approximate surface area is 158 Å². The molecule has 0 saturated carbocycles. The Morgan fingerprint density at radius 2 is 1.89 bits per heavy atom. The van der Waals surface area contributed by atoms with E-state index in [2.05, 4.69) is 9.97 Å². The van der Waals surface area contributed by atoms with Crippen LogP contribution in [0.5, 0.6) is 5.75 Å². The molecule has 1 aromatic carbocycles. The first-order valence-electron chi connectivity index (χ1n) is 8.34. The van der Waals surface area contributed by atoms with Gasteiger partial charge in [-0.05, 0) is 43.3 Å². The zero-order valence-corrected chi connectivity index (χ0v) is 15.9. The molecule has 2 aromatic heterocycles. The van der Waals surface area contributed by atoms with Gasteiger partial charge < -0.3 is 9.15 Å². The van der Waals surface area contributed by atoms with Gasteiger partial charge in [-0.3, -0.25) is 9.17 Å². The third kappa shape index (κ3) is 5.63. The minimum atomic E-state index is -3.46. The molecular formula is C19H20N2O5S. The average molecular weight is 388 g/mol. The normalized spacial score (nSPS) is 11.5. The molecule has 0 radical (unpaired) electrons. The van der Waals surface area contributed by atoms with Crippen LogP contribution in [0.2, 0.25) is 0 Å². The molecule has 0 atom stereocenters. The number of rotatable bonds is 8. The minimum Gasteiger partial charge on any atom is -0.487 e. The highest BCUT2D eigenvalue weighted by molar-refractivity contribution is 7.85. The molecule has 0 bridgehead atoms. The molecule has 0 spiro atoms. The SMILES string of the molecule is Cc1oc(-c2ccc(OCc3ccccn3)cc2)nc1CCOS(C)(=O)=O. The first-order chi connectivity index (χ1) is 12.9. The summed E-state index contributed by atoms with van der Waals surface area (Å²) in [4.78, 5) is 8.64. The molecule has 0 amide bonds. The first-order valence-corrected chi connectivity index (χ1v) is 10.2. The maximum atomic E-state index is 11.0. The Balaban J connectivity index is 1.62. The zero-order valence-electron chi connectivity index (χ0n) is 15.1. The smallest absolute Gasteiger partial charge is 0.264 e. The van der Waals surface area contributed by atoms with Crippen molar-refractivity contribution in [3.8, 4) is 17.2 Å². The number of nitrogens with zero attached hydrogens (tertiary/aromatic N) is 2. The number of benzene rings is 1. The molecule has 0 saturated heterocycles. The van der Waals surface area contributed by atoms with Crippen LogP contribution in [-0.4, -0.2) is 31.2 Å². The van der Waals surface area contributed by atoms with Crippen LogP contribution in [0.25, 0.3) is 11.5 Å². The van der Waals surface area contributed by atoms with E-state index in [1.54, 1.807) is 13.1 Å². The molecule has 8 heteroatoms. The van der Waals surface area contributed by atoms with Crippen LogP contribution >= 0.6 is 0 Å². The number of oxazole rings is 1. The third-order valence-electron chi connectivity index (χ3n) is 3.74. The summed E-state index contributed by atoms with van der Waals surface area (Å²) in [5, 5.41) is 0. The fourth-order valence-corrected chi connectivity index (χ4v) is 2.79. The lowest BCUT2D eigenvalue weighted by atomic mass is 10.2. The van der Waals surface area contributed by atoms with E-state index in [4.69, 9.17) is 13.3 Å². The number of aromatic nitrogens is 2. The highest BCUT2D eigenvalue weighted by Gasteiger charge is 2.12. The highest BCUT2D eigenvalue weighted by Crippen LogP contribution is 2.24. The van der Waals surface area contributed by atoms with Gasteiger partial charge in [0.05, 0.1) is 24.3 Å². The van der Waals surface area contributed by atoms with Crippen LogP contribution in [0.3, 0.4) is 0 Å². The minimum absolute atomic E-state index is 0.0337. The Kier molecular flexibility index (Phi) is 5.88. The lowest BCUT2D eigenvalue weighted by molar-refractivity contribution is 0.301. The molecule has 3 aromatic rings. The summed E-state index contributed by atoms with van der Waals surface area (Å²) in [6.07, 6.45) is 3.10. The second kappa shape index (κ2) is 8.32. The summed E-state index contributed by atoms with van der Waals surface area (Å²) in [7, 11) is -3.46. The summed E-state index contributed by atoms with van der Waals surface area (Å²) in [6.45, 7) is 2.21. The average Bonchev–Trinajstić information content (AvgIpc) is 3.01. The van der Waals surface area contributed by atoms with Crippen molar-refractivity contribution in [3.05, 3.63) is 65.8 Å². The molecule has 3 rings (SSSR count). The van der Waals surface area contributed by atoms with Crippen LogP contribution in [-0.2, 0) is 27.3 Å².